The Labute approximate surface area is 133 Å². The minimum atomic E-state index is -0.431. The number of benzene rings is 1. The third kappa shape index (κ3) is 5.67. The summed E-state index contributed by atoms with van der Waals surface area (Å²) < 4.78 is 12.0. The molecule has 0 amide bonds. The summed E-state index contributed by atoms with van der Waals surface area (Å²) in [5.41, 5.74) is 0.769. The van der Waals surface area contributed by atoms with Gasteiger partial charge in [-0.05, 0) is 17.7 Å². The van der Waals surface area contributed by atoms with Gasteiger partial charge in [-0.2, -0.15) is 5.10 Å². The van der Waals surface area contributed by atoms with Crippen molar-refractivity contribution in [3.8, 4) is 0 Å². The fourth-order valence-electron chi connectivity index (χ4n) is 1.63. The molecule has 0 aliphatic carbocycles. The number of hydrogen-bond donors (Lipinski definition) is 0. The van der Waals surface area contributed by atoms with E-state index in [9.17, 15) is 4.79 Å². The number of esters is 1. The summed E-state index contributed by atoms with van der Waals surface area (Å²) in [4.78, 5) is 15.3. The van der Waals surface area contributed by atoms with Gasteiger partial charge in [0.2, 0.25) is 0 Å². The van der Waals surface area contributed by atoms with Crippen LogP contribution < -0.4 is 0 Å². The molecule has 0 saturated heterocycles. The molecule has 0 bridgehead atoms. The van der Waals surface area contributed by atoms with Crippen LogP contribution in [0.15, 0.2) is 43.0 Å². The highest BCUT2D eigenvalue weighted by Gasteiger charge is 1.99. The SMILES string of the molecule is O=C(/C=C/c1ccccc1Cl)OCCOCCn1cncn1. The number of halogens is 1. The first-order chi connectivity index (χ1) is 10.8. The van der Waals surface area contributed by atoms with Gasteiger partial charge in [0.1, 0.15) is 19.3 Å². The summed E-state index contributed by atoms with van der Waals surface area (Å²) in [5, 5.41) is 4.53. The fraction of sp³-hybridized carbons (Fsp3) is 0.267. The first-order valence-corrected chi connectivity index (χ1v) is 7.13. The number of ether oxygens (including phenoxy) is 2. The summed E-state index contributed by atoms with van der Waals surface area (Å²) in [6.07, 6.45) is 6.04. The molecule has 0 unspecified atom stereocenters. The van der Waals surface area contributed by atoms with Gasteiger partial charge in [0.25, 0.3) is 0 Å². The van der Waals surface area contributed by atoms with Crippen LogP contribution in [-0.2, 0) is 20.8 Å². The van der Waals surface area contributed by atoms with Crippen molar-refractivity contribution in [3.05, 3.63) is 53.6 Å². The predicted molar refractivity (Wildman–Crippen MR) is 82.3 cm³/mol. The highest BCUT2D eigenvalue weighted by Crippen LogP contribution is 2.16. The van der Waals surface area contributed by atoms with Crippen LogP contribution in [-0.4, -0.2) is 40.6 Å². The number of rotatable bonds is 8. The lowest BCUT2D eigenvalue weighted by atomic mass is 10.2. The van der Waals surface area contributed by atoms with Crippen LogP contribution in [0.5, 0.6) is 0 Å². The molecule has 7 heteroatoms. The largest absolute Gasteiger partial charge is 0.460 e. The smallest absolute Gasteiger partial charge is 0.330 e. The summed E-state index contributed by atoms with van der Waals surface area (Å²) in [7, 11) is 0. The molecule has 0 fully saturated rings. The monoisotopic (exact) mass is 321 g/mol. The van der Waals surface area contributed by atoms with Gasteiger partial charge in [0, 0.05) is 11.1 Å². The lowest BCUT2D eigenvalue weighted by Crippen LogP contribution is -2.12. The van der Waals surface area contributed by atoms with Crippen LogP contribution in [0.1, 0.15) is 5.56 Å². The van der Waals surface area contributed by atoms with Gasteiger partial charge in [-0.3, -0.25) is 4.68 Å². The molecule has 0 radical (unpaired) electrons. The van der Waals surface area contributed by atoms with E-state index in [1.54, 1.807) is 23.2 Å². The van der Waals surface area contributed by atoms with Gasteiger partial charge in [-0.15, -0.1) is 0 Å². The van der Waals surface area contributed by atoms with E-state index in [-0.39, 0.29) is 6.61 Å². The van der Waals surface area contributed by atoms with E-state index in [0.29, 0.717) is 24.8 Å². The molecule has 22 heavy (non-hydrogen) atoms. The lowest BCUT2D eigenvalue weighted by molar-refractivity contribution is -0.139. The Bertz CT molecular complexity index is 614. The van der Waals surface area contributed by atoms with Crippen molar-refractivity contribution in [1.82, 2.24) is 14.8 Å². The number of aromatic nitrogens is 3. The van der Waals surface area contributed by atoms with Crippen LogP contribution in [0.3, 0.4) is 0 Å². The second-order valence-corrected chi connectivity index (χ2v) is 4.70. The number of carbonyl (C=O) groups is 1. The molecule has 0 atom stereocenters. The molecule has 0 N–H and O–H groups in total. The molecule has 1 aromatic carbocycles. The minimum absolute atomic E-state index is 0.197. The molecule has 1 heterocycles. The zero-order valence-electron chi connectivity index (χ0n) is 11.9. The van der Waals surface area contributed by atoms with Gasteiger partial charge < -0.3 is 9.47 Å². The fourth-order valence-corrected chi connectivity index (χ4v) is 1.82. The number of carbonyl (C=O) groups excluding carboxylic acids is 1. The molecule has 116 valence electrons. The summed E-state index contributed by atoms with van der Waals surface area (Å²) in [6.45, 7) is 1.63. The quantitative estimate of drug-likeness (QED) is 0.423. The van der Waals surface area contributed by atoms with Gasteiger partial charge >= 0.3 is 5.97 Å². The molecular formula is C15H16ClN3O3. The normalized spacial score (nSPS) is 11.0. The molecule has 1 aromatic heterocycles. The van der Waals surface area contributed by atoms with Crippen LogP contribution in [0.25, 0.3) is 6.08 Å². The third-order valence-corrected chi connectivity index (χ3v) is 3.05. The van der Waals surface area contributed by atoms with Crippen LogP contribution in [0, 0.1) is 0 Å². The van der Waals surface area contributed by atoms with E-state index >= 15 is 0 Å². The minimum Gasteiger partial charge on any atom is -0.460 e. The van der Waals surface area contributed by atoms with Gasteiger partial charge in [-0.25, -0.2) is 9.78 Å². The Kier molecular flexibility index (Phi) is 6.60. The van der Waals surface area contributed by atoms with Gasteiger partial charge in [0.05, 0.1) is 19.8 Å². The Hall–Kier alpha value is -2.18. The predicted octanol–water partition coefficient (Wildman–Crippen LogP) is 2.20. The molecule has 2 rings (SSSR count). The molecule has 2 aromatic rings. The first kappa shape index (κ1) is 16.2. The zero-order valence-corrected chi connectivity index (χ0v) is 12.6. The molecule has 0 spiro atoms. The number of hydrogen-bond acceptors (Lipinski definition) is 5. The summed E-state index contributed by atoms with van der Waals surface area (Å²) in [6, 6.07) is 7.25. The maximum atomic E-state index is 11.5. The topological polar surface area (TPSA) is 66.2 Å². The highest BCUT2D eigenvalue weighted by atomic mass is 35.5. The molecule has 6 nitrogen and oxygen atoms in total. The average molecular weight is 322 g/mol. The van der Waals surface area contributed by atoms with Gasteiger partial charge in [0.15, 0.2) is 0 Å². The Morgan fingerprint density at radius 1 is 1.27 bits per heavy atom. The Morgan fingerprint density at radius 3 is 2.91 bits per heavy atom. The highest BCUT2D eigenvalue weighted by molar-refractivity contribution is 6.32. The van der Waals surface area contributed by atoms with Crippen molar-refractivity contribution >= 4 is 23.6 Å². The molecule has 0 aliphatic rings. The van der Waals surface area contributed by atoms with Crippen molar-refractivity contribution < 1.29 is 14.3 Å². The van der Waals surface area contributed by atoms with E-state index in [1.807, 2.05) is 18.2 Å². The van der Waals surface area contributed by atoms with Crippen LogP contribution in [0.2, 0.25) is 5.02 Å². The summed E-state index contributed by atoms with van der Waals surface area (Å²) >= 11 is 5.98. The van der Waals surface area contributed by atoms with Crippen molar-refractivity contribution in [2.45, 2.75) is 6.54 Å². The van der Waals surface area contributed by atoms with E-state index in [1.165, 1.54) is 12.4 Å². The number of nitrogens with zero attached hydrogens (tertiary/aromatic N) is 3. The van der Waals surface area contributed by atoms with E-state index in [0.717, 1.165) is 5.56 Å². The Balaban J connectivity index is 1.59. The molecule has 0 saturated carbocycles. The van der Waals surface area contributed by atoms with E-state index in [4.69, 9.17) is 21.1 Å². The van der Waals surface area contributed by atoms with Gasteiger partial charge in [-0.1, -0.05) is 29.8 Å². The summed E-state index contributed by atoms with van der Waals surface area (Å²) in [5.74, 6) is -0.431. The lowest BCUT2D eigenvalue weighted by Gasteiger charge is -2.04. The van der Waals surface area contributed by atoms with Crippen LogP contribution in [0.4, 0.5) is 0 Å². The molecular weight excluding hydrogens is 306 g/mol. The first-order valence-electron chi connectivity index (χ1n) is 6.75. The second kappa shape index (κ2) is 8.96. The van der Waals surface area contributed by atoms with Crippen molar-refractivity contribution in [2.75, 3.05) is 19.8 Å². The maximum absolute atomic E-state index is 11.5. The van der Waals surface area contributed by atoms with E-state index < -0.39 is 5.97 Å². The average Bonchev–Trinajstić information content (AvgIpc) is 3.03. The molecule has 0 aliphatic heterocycles. The van der Waals surface area contributed by atoms with Crippen molar-refractivity contribution in [1.29, 1.82) is 0 Å². The standard InChI is InChI=1S/C15H16ClN3O3/c16-14-4-2-1-3-13(14)5-6-15(20)22-10-9-21-8-7-19-12-17-11-18-19/h1-6,11-12H,7-10H2/b6-5+. The maximum Gasteiger partial charge on any atom is 0.330 e. The van der Waals surface area contributed by atoms with E-state index in [2.05, 4.69) is 10.1 Å². The van der Waals surface area contributed by atoms with Crippen molar-refractivity contribution in [3.63, 3.8) is 0 Å². The van der Waals surface area contributed by atoms with Crippen LogP contribution >= 0.6 is 11.6 Å². The third-order valence-electron chi connectivity index (χ3n) is 2.71. The second-order valence-electron chi connectivity index (χ2n) is 4.29. The Morgan fingerprint density at radius 2 is 2.14 bits per heavy atom. The van der Waals surface area contributed by atoms with Crippen molar-refractivity contribution in [2.24, 2.45) is 0 Å². The zero-order chi connectivity index (χ0) is 15.6.